The van der Waals surface area contributed by atoms with Crippen LogP contribution >= 0.6 is 0 Å². The highest BCUT2D eigenvalue weighted by Gasteiger charge is 2.22. The van der Waals surface area contributed by atoms with Crippen molar-refractivity contribution in [2.24, 2.45) is 11.7 Å². The van der Waals surface area contributed by atoms with Crippen LogP contribution in [0.4, 0.5) is 17.3 Å². The lowest BCUT2D eigenvalue weighted by Gasteiger charge is -2.21. The summed E-state index contributed by atoms with van der Waals surface area (Å²) in [6.07, 6.45) is 9.31. The van der Waals surface area contributed by atoms with Crippen molar-refractivity contribution in [1.82, 2.24) is 15.0 Å². The molecule has 0 aliphatic heterocycles. The van der Waals surface area contributed by atoms with Crippen LogP contribution in [0.3, 0.4) is 0 Å². The number of carbonyl (C=O) groups is 2. The first-order valence-corrected chi connectivity index (χ1v) is 10.4. The van der Waals surface area contributed by atoms with Gasteiger partial charge in [-0.3, -0.25) is 14.6 Å². The second-order valence-electron chi connectivity index (χ2n) is 8.07. The molecule has 0 radical (unpaired) electrons. The molecule has 0 spiro atoms. The monoisotopic (exact) mass is 431 g/mol. The molecule has 1 saturated carbocycles. The number of hydrogen-bond donors (Lipinski definition) is 4. The van der Waals surface area contributed by atoms with Crippen LogP contribution in [0.5, 0.6) is 0 Å². The number of nitrogens with zero attached hydrogens (tertiary/aromatic N) is 3. The lowest BCUT2D eigenvalue weighted by atomic mass is 9.85. The van der Waals surface area contributed by atoms with Crippen LogP contribution in [0, 0.1) is 12.8 Å². The summed E-state index contributed by atoms with van der Waals surface area (Å²) in [5, 5.41) is 4.24. The smallest absolute Gasteiger partial charge is 0.249 e. The van der Waals surface area contributed by atoms with Crippen LogP contribution in [0.15, 0.2) is 42.4 Å². The van der Waals surface area contributed by atoms with E-state index in [2.05, 4.69) is 20.3 Å². The topological polar surface area (TPSA) is 163 Å². The zero-order chi connectivity index (χ0) is 22.8. The average Bonchev–Trinajstić information content (AvgIpc) is 2.75. The number of nitrogens with one attached hydrogen (secondary N) is 1. The number of allylic oxidation sites excluding steroid dienone is 1. The molecule has 3 heterocycles. The maximum Gasteiger partial charge on any atom is 0.249 e. The van der Waals surface area contributed by atoms with Gasteiger partial charge in [0, 0.05) is 35.3 Å². The zero-order valence-electron chi connectivity index (χ0n) is 17.8. The molecule has 9 nitrogen and oxygen atoms in total. The molecule has 1 atom stereocenters. The van der Waals surface area contributed by atoms with E-state index in [1.165, 1.54) is 6.08 Å². The summed E-state index contributed by atoms with van der Waals surface area (Å²) >= 11 is 0. The second-order valence-corrected chi connectivity index (χ2v) is 8.07. The van der Waals surface area contributed by atoms with E-state index in [9.17, 15) is 9.59 Å². The molecule has 0 aromatic carbocycles. The minimum Gasteiger partial charge on any atom is -0.397 e. The number of pyridine rings is 3. The van der Waals surface area contributed by atoms with Crippen LogP contribution in [0.25, 0.3) is 22.0 Å². The SMILES string of the molecule is Cc1c(N)cncc1-c1cc2cc(NC(=O)/C=C3/CCCC(C(N)=O)C3)ncc2c(N)n1. The Bertz CT molecular complexity index is 1250. The molecule has 7 N–H and O–H groups in total. The number of anilines is 3. The first-order chi connectivity index (χ1) is 15.3. The third kappa shape index (κ3) is 4.36. The number of carbonyl (C=O) groups excluding carboxylic acids is 2. The first kappa shape index (κ1) is 21.2. The third-order valence-electron chi connectivity index (χ3n) is 5.82. The van der Waals surface area contributed by atoms with E-state index in [4.69, 9.17) is 17.2 Å². The van der Waals surface area contributed by atoms with Gasteiger partial charge in [0.1, 0.15) is 11.6 Å². The maximum absolute atomic E-state index is 12.5. The fourth-order valence-corrected chi connectivity index (χ4v) is 4.00. The van der Waals surface area contributed by atoms with Gasteiger partial charge in [0.2, 0.25) is 11.8 Å². The molecule has 9 heteroatoms. The zero-order valence-corrected chi connectivity index (χ0v) is 17.8. The van der Waals surface area contributed by atoms with Gasteiger partial charge in [-0.25, -0.2) is 9.97 Å². The number of fused-ring (bicyclic) bond motifs is 1. The Morgan fingerprint density at radius 2 is 2.00 bits per heavy atom. The molecular formula is C23H25N7O2. The van der Waals surface area contributed by atoms with Gasteiger partial charge < -0.3 is 22.5 Å². The van der Waals surface area contributed by atoms with Crippen LogP contribution < -0.4 is 22.5 Å². The predicted octanol–water partition coefficient (Wildman–Crippen LogP) is 2.71. The summed E-state index contributed by atoms with van der Waals surface area (Å²) < 4.78 is 0. The van der Waals surface area contributed by atoms with Crippen LogP contribution in [-0.2, 0) is 9.59 Å². The highest BCUT2D eigenvalue weighted by atomic mass is 16.2. The van der Waals surface area contributed by atoms with Crippen molar-refractivity contribution < 1.29 is 9.59 Å². The summed E-state index contributed by atoms with van der Waals surface area (Å²) in [6, 6.07) is 3.61. The molecule has 4 rings (SSSR count). The van der Waals surface area contributed by atoms with Crippen molar-refractivity contribution >= 4 is 39.9 Å². The average molecular weight is 432 g/mol. The fourth-order valence-electron chi connectivity index (χ4n) is 4.00. The highest BCUT2D eigenvalue weighted by molar-refractivity contribution is 6.01. The Labute approximate surface area is 185 Å². The molecule has 0 bridgehead atoms. The molecular weight excluding hydrogens is 406 g/mol. The van der Waals surface area contributed by atoms with Gasteiger partial charge in [0.25, 0.3) is 0 Å². The molecule has 1 unspecified atom stereocenters. The molecule has 1 aliphatic carbocycles. The fraction of sp³-hybridized carbons (Fsp3) is 0.261. The molecule has 164 valence electrons. The van der Waals surface area contributed by atoms with Crippen LogP contribution in [0.1, 0.15) is 31.2 Å². The lowest BCUT2D eigenvalue weighted by Crippen LogP contribution is -2.26. The van der Waals surface area contributed by atoms with Gasteiger partial charge in [-0.15, -0.1) is 0 Å². The van der Waals surface area contributed by atoms with Crippen molar-refractivity contribution in [1.29, 1.82) is 0 Å². The quantitative estimate of drug-likeness (QED) is 0.461. The standard InChI is InChI=1S/C23H25N7O2/c1-12-16(9-27-11-18(12)24)19-7-15-8-20(28-10-17(15)22(25)29-19)30-21(31)6-13-3-2-4-14(5-13)23(26)32/h6-11,14H,2-5,24H2,1H3,(H2,25,29)(H2,26,32)(H,28,30,31)/b13-6-. The Morgan fingerprint density at radius 3 is 2.78 bits per heavy atom. The van der Waals surface area contributed by atoms with Gasteiger partial charge >= 0.3 is 0 Å². The van der Waals surface area contributed by atoms with E-state index in [0.29, 0.717) is 34.8 Å². The van der Waals surface area contributed by atoms with Gasteiger partial charge in [0.05, 0.1) is 17.6 Å². The van der Waals surface area contributed by atoms with Crippen molar-refractivity contribution in [2.75, 3.05) is 16.8 Å². The number of nitrogen functional groups attached to an aromatic ring is 2. The van der Waals surface area contributed by atoms with E-state index in [1.807, 2.05) is 13.0 Å². The summed E-state index contributed by atoms with van der Waals surface area (Å²) in [5.41, 5.74) is 21.3. The highest BCUT2D eigenvalue weighted by Crippen LogP contribution is 2.31. The van der Waals surface area contributed by atoms with E-state index in [-0.39, 0.29) is 17.7 Å². The first-order valence-electron chi connectivity index (χ1n) is 10.4. The van der Waals surface area contributed by atoms with Gasteiger partial charge in [-0.1, -0.05) is 5.57 Å². The lowest BCUT2D eigenvalue weighted by molar-refractivity contribution is -0.122. The third-order valence-corrected chi connectivity index (χ3v) is 5.82. The van der Waals surface area contributed by atoms with E-state index < -0.39 is 0 Å². The van der Waals surface area contributed by atoms with Crippen LogP contribution in [-0.4, -0.2) is 26.8 Å². The number of rotatable bonds is 4. The molecule has 0 saturated heterocycles. The van der Waals surface area contributed by atoms with Gasteiger partial charge in [-0.05, 0) is 55.7 Å². The van der Waals surface area contributed by atoms with Crippen molar-refractivity contribution in [3.63, 3.8) is 0 Å². The number of amides is 2. The Hall–Kier alpha value is -4.01. The molecule has 32 heavy (non-hydrogen) atoms. The Kier molecular flexibility index (Phi) is 5.72. The molecule has 3 aromatic rings. The molecule has 2 amide bonds. The minimum atomic E-state index is -0.320. The van der Waals surface area contributed by atoms with Crippen molar-refractivity contribution in [2.45, 2.75) is 32.6 Å². The summed E-state index contributed by atoms with van der Waals surface area (Å²) in [4.78, 5) is 36.9. The van der Waals surface area contributed by atoms with Crippen molar-refractivity contribution in [3.05, 3.63) is 47.9 Å². The van der Waals surface area contributed by atoms with Gasteiger partial charge in [0.15, 0.2) is 0 Å². The molecule has 3 aromatic heterocycles. The number of hydrogen-bond acceptors (Lipinski definition) is 7. The normalized spacial score (nSPS) is 17.4. The van der Waals surface area contributed by atoms with Gasteiger partial charge in [-0.2, -0.15) is 0 Å². The van der Waals surface area contributed by atoms with E-state index in [1.54, 1.807) is 24.7 Å². The maximum atomic E-state index is 12.5. The summed E-state index contributed by atoms with van der Waals surface area (Å²) in [5.74, 6) is -0.109. The summed E-state index contributed by atoms with van der Waals surface area (Å²) in [7, 11) is 0. The predicted molar refractivity (Wildman–Crippen MR) is 124 cm³/mol. The van der Waals surface area contributed by atoms with Crippen LogP contribution in [0.2, 0.25) is 0 Å². The number of nitrogens with two attached hydrogens (primary N) is 3. The Balaban J connectivity index is 1.60. The minimum absolute atomic E-state index is 0.208. The molecule has 1 fully saturated rings. The molecule has 1 aliphatic rings. The largest absolute Gasteiger partial charge is 0.397 e. The van der Waals surface area contributed by atoms with E-state index >= 15 is 0 Å². The number of primary amides is 1. The second kappa shape index (κ2) is 8.62. The Morgan fingerprint density at radius 1 is 1.19 bits per heavy atom. The van der Waals surface area contributed by atoms with E-state index in [0.717, 1.165) is 41.3 Å². The summed E-state index contributed by atoms with van der Waals surface area (Å²) in [6.45, 7) is 1.90. The number of aromatic nitrogens is 3. The van der Waals surface area contributed by atoms with Crippen molar-refractivity contribution in [3.8, 4) is 11.3 Å².